The Morgan fingerprint density at radius 3 is 1.66 bits per heavy atom. The van der Waals surface area contributed by atoms with E-state index in [1.54, 1.807) is 36.4 Å². The summed E-state index contributed by atoms with van der Waals surface area (Å²) in [6.07, 6.45) is 0. The number of carbonyl (C=O) groups excluding carboxylic acids is 5. The predicted molar refractivity (Wildman–Crippen MR) is 99.2 cm³/mol. The van der Waals surface area contributed by atoms with E-state index >= 15 is 0 Å². The third-order valence-electron chi connectivity index (χ3n) is 4.99. The van der Waals surface area contributed by atoms with E-state index in [1.807, 2.05) is 0 Å². The Hall–Kier alpha value is -3.81. The van der Waals surface area contributed by atoms with Gasteiger partial charge in [-0.3, -0.25) is 29.0 Å². The first-order chi connectivity index (χ1) is 13.9. The first kappa shape index (κ1) is 18.5. The van der Waals surface area contributed by atoms with Gasteiger partial charge in [0.25, 0.3) is 23.6 Å². The van der Waals surface area contributed by atoms with Crippen molar-refractivity contribution in [1.29, 1.82) is 0 Å². The van der Waals surface area contributed by atoms with Crippen molar-refractivity contribution in [3.8, 4) is 0 Å². The number of fused-ring (bicyclic) bond motifs is 2. The molecule has 146 valence electrons. The summed E-state index contributed by atoms with van der Waals surface area (Å²) >= 11 is 0. The van der Waals surface area contributed by atoms with Crippen LogP contribution in [-0.2, 0) is 9.53 Å². The van der Waals surface area contributed by atoms with E-state index in [0.717, 1.165) is 9.80 Å². The smallest absolute Gasteiger partial charge is 0.329 e. The molecule has 4 amide bonds. The van der Waals surface area contributed by atoms with Gasteiger partial charge in [0.15, 0.2) is 0 Å². The lowest BCUT2D eigenvalue weighted by Crippen LogP contribution is -2.44. The summed E-state index contributed by atoms with van der Waals surface area (Å²) < 4.78 is 5.14. The van der Waals surface area contributed by atoms with Crippen LogP contribution in [0.2, 0.25) is 0 Å². The summed E-state index contributed by atoms with van der Waals surface area (Å²) in [6.45, 7) is 1.04. The maximum Gasteiger partial charge on any atom is 0.329 e. The molecule has 0 fully saturated rings. The maximum absolute atomic E-state index is 12.4. The van der Waals surface area contributed by atoms with Crippen LogP contribution in [0.5, 0.6) is 0 Å². The molecule has 0 aliphatic carbocycles. The van der Waals surface area contributed by atoms with Gasteiger partial charge in [0.1, 0.15) is 12.6 Å². The second-order valence-corrected chi connectivity index (χ2v) is 6.68. The molecule has 0 saturated carbocycles. The Kier molecular flexibility index (Phi) is 4.46. The van der Waals surface area contributed by atoms with Gasteiger partial charge in [0.05, 0.1) is 28.8 Å². The van der Waals surface area contributed by atoms with Crippen molar-refractivity contribution in [3.05, 3.63) is 70.8 Å². The summed E-state index contributed by atoms with van der Waals surface area (Å²) in [6, 6.07) is 11.6. The predicted octanol–water partition coefficient (Wildman–Crippen LogP) is 1.51. The second kappa shape index (κ2) is 6.97. The number of hydrogen-bond acceptors (Lipinski definition) is 6. The SMILES string of the molecule is C[C@@H](C(=O)OCCN1C(=O)c2ccccc2C1=O)N1C(=O)c2ccccc2C1=O. The molecule has 4 rings (SSSR count). The Bertz CT molecular complexity index is 1010. The number of amides is 4. The minimum absolute atomic E-state index is 0.118. The summed E-state index contributed by atoms with van der Waals surface area (Å²) in [7, 11) is 0. The molecule has 0 saturated heterocycles. The number of imide groups is 2. The summed E-state index contributed by atoms with van der Waals surface area (Å²) in [4.78, 5) is 63.7. The molecule has 0 spiro atoms. The van der Waals surface area contributed by atoms with E-state index in [1.165, 1.54) is 19.1 Å². The lowest BCUT2D eigenvalue weighted by Gasteiger charge is -2.21. The van der Waals surface area contributed by atoms with E-state index in [2.05, 4.69) is 0 Å². The minimum Gasteiger partial charge on any atom is -0.462 e. The number of benzene rings is 2. The highest BCUT2D eigenvalue weighted by atomic mass is 16.5. The third kappa shape index (κ3) is 2.89. The largest absolute Gasteiger partial charge is 0.462 e. The molecular formula is C21H16N2O6. The fourth-order valence-corrected chi connectivity index (χ4v) is 3.47. The molecule has 0 radical (unpaired) electrons. The first-order valence-corrected chi connectivity index (χ1v) is 9.00. The molecule has 0 unspecified atom stereocenters. The number of nitrogens with zero attached hydrogens (tertiary/aromatic N) is 2. The third-order valence-corrected chi connectivity index (χ3v) is 4.99. The molecule has 2 aromatic carbocycles. The Morgan fingerprint density at radius 2 is 1.21 bits per heavy atom. The van der Waals surface area contributed by atoms with Gasteiger partial charge in [-0.15, -0.1) is 0 Å². The average molecular weight is 392 g/mol. The van der Waals surface area contributed by atoms with Gasteiger partial charge in [-0.2, -0.15) is 0 Å². The molecule has 0 bridgehead atoms. The number of ether oxygens (including phenoxy) is 1. The number of esters is 1. The van der Waals surface area contributed by atoms with Crippen molar-refractivity contribution >= 4 is 29.6 Å². The molecule has 8 heteroatoms. The zero-order chi connectivity index (χ0) is 20.7. The molecule has 2 heterocycles. The molecular weight excluding hydrogens is 376 g/mol. The van der Waals surface area contributed by atoms with Crippen LogP contribution in [0.3, 0.4) is 0 Å². The van der Waals surface area contributed by atoms with Crippen molar-refractivity contribution in [1.82, 2.24) is 9.80 Å². The van der Waals surface area contributed by atoms with Gasteiger partial charge in [0, 0.05) is 0 Å². The number of rotatable bonds is 5. The fourth-order valence-electron chi connectivity index (χ4n) is 3.47. The van der Waals surface area contributed by atoms with Crippen LogP contribution >= 0.6 is 0 Å². The molecule has 1 atom stereocenters. The van der Waals surface area contributed by atoms with Crippen LogP contribution in [0.15, 0.2) is 48.5 Å². The van der Waals surface area contributed by atoms with Crippen LogP contribution in [0.25, 0.3) is 0 Å². The van der Waals surface area contributed by atoms with Crippen molar-refractivity contribution in [2.75, 3.05) is 13.2 Å². The van der Waals surface area contributed by atoms with Crippen LogP contribution in [0.1, 0.15) is 48.4 Å². The van der Waals surface area contributed by atoms with Crippen molar-refractivity contribution < 1.29 is 28.7 Å². The van der Waals surface area contributed by atoms with Crippen LogP contribution in [0, 0.1) is 0 Å². The van der Waals surface area contributed by atoms with Crippen LogP contribution in [-0.4, -0.2) is 58.6 Å². The highest BCUT2D eigenvalue weighted by Gasteiger charge is 2.41. The normalized spacial score (nSPS) is 16.2. The molecule has 2 aliphatic rings. The highest BCUT2D eigenvalue weighted by molar-refractivity contribution is 6.23. The van der Waals surface area contributed by atoms with E-state index in [0.29, 0.717) is 11.1 Å². The van der Waals surface area contributed by atoms with E-state index < -0.39 is 35.6 Å². The van der Waals surface area contributed by atoms with Gasteiger partial charge < -0.3 is 4.74 Å². The summed E-state index contributed by atoms with van der Waals surface area (Å²) in [5.74, 6) is -2.81. The number of carbonyl (C=O) groups is 5. The lowest BCUT2D eigenvalue weighted by molar-refractivity contribution is -0.147. The standard InChI is InChI=1S/C21H16N2O6/c1-12(23-19(26)15-8-4-5-9-16(15)20(23)27)21(28)29-11-10-22-17(24)13-6-2-3-7-14(13)18(22)25/h2-9,12H,10-11H2,1H3/t12-/m0/s1. The fraction of sp³-hybridized carbons (Fsp3) is 0.190. The van der Waals surface area contributed by atoms with Gasteiger partial charge in [-0.05, 0) is 31.2 Å². The monoisotopic (exact) mass is 392 g/mol. The molecule has 2 aliphatic heterocycles. The maximum atomic E-state index is 12.4. The Labute approximate surface area is 165 Å². The van der Waals surface area contributed by atoms with Gasteiger partial charge in [-0.1, -0.05) is 24.3 Å². The van der Waals surface area contributed by atoms with Crippen molar-refractivity contribution in [2.45, 2.75) is 13.0 Å². The second-order valence-electron chi connectivity index (χ2n) is 6.68. The average Bonchev–Trinajstić information content (AvgIpc) is 3.13. The Balaban J connectivity index is 1.38. The van der Waals surface area contributed by atoms with E-state index in [9.17, 15) is 24.0 Å². The highest BCUT2D eigenvalue weighted by Crippen LogP contribution is 2.25. The lowest BCUT2D eigenvalue weighted by atomic mass is 10.1. The topological polar surface area (TPSA) is 101 Å². The first-order valence-electron chi connectivity index (χ1n) is 9.00. The van der Waals surface area contributed by atoms with E-state index in [4.69, 9.17) is 4.74 Å². The summed E-state index contributed by atoms with van der Waals surface area (Å²) in [5, 5.41) is 0. The number of hydrogen-bond donors (Lipinski definition) is 0. The van der Waals surface area contributed by atoms with Gasteiger partial charge in [0.2, 0.25) is 0 Å². The van der Waals surface area contributed by atoms with Gasteiger partial charge >= 0.3 is 5.97 Å². The minimum atomic E-state index is -1.13. The Morgan fingerprint density at radius 1 is 0.793 bits per heavy atom. The molecule has 0 aromatic heterocycles. The van der Waals surface area contributed by atoms with Crippen LogP contribution in [0.4, 0.5) is 0 Å². The zero-order valence-corrected chi connectivity index (χ0v) is 15.5. The van der Waals surface area contributed by atoms with Gasteiger partial charge in [-0.25, -0.2) is 4.79 Å². The van der Waals surface area contributed by atoms with Crippen molar-refractivity contribution in [3.63, 3.8) is 0 Å². The van der Waals surface area contributed by atoms with Crippen LogP contribution < -0.4 is 0 Å². The summed E-state index contributed by atoms with van der Waals surface area (Å²) in [5.41, 5.74) is 1.10. The molecule has 2 aromatic rings. The van der Waals surface area contributed by atoms with E-state index in [-0.39, 0.29) is 24.3 Å². The van der Waals surface area contributed by atoms with Crippen molar-refractivity contribution in [2.24, 2.45) is 0 Å². The molecule has 29 heavy (non-hydrogen) atoms. The quantitative estimate of drug-likeness (QED) is 0.565. The zero-order valence-electron chi connectivity index (χ0n) is 15.5. The molecule has 0 N–H and O–H groups in total. The molecule has 8 nitrogen and oxygen atoms in total.